The lowest BCUT2D eigenvalue weighted by Gasteiger charge is -2.04. The van der Waals surface area contributed by atoms with E-state index in [1.54, 1.807) is 36.0 Å². The zero-order chi connectivity index (χ0) is 10.9. The van der Waals surface area contributed by atoms with Crippen molar-refractivity contribution < 1.29 is 14.3 Å². The summed E-state index contributed by atoms with van der Waals surface area (Å²) in [4.78, 5) is 11.4. The van der Waals surface area contributed by atoms with E-state index in [4.69, 9.17) is 9.47 Å². The Morgan fingerprint density at radius 2 is 2.00 bits per heavy atom. The molecule has 3 nitrogen and oxygen atoms in total. The number of thioether (sulfide) groups is 1. The Labute approximate surface area is 93.8 Å². The molecule has 0 heterocycles. The predicted octanol–water partition coefficient (Wildman–Crippen LogP) is 2.18. The molecule has 0 aliphatic carbocycles. The molecule has 0 radical (unpaired) electrons. The lowest BCUT2D eigenvalue weighted by atomic mass is 10.2. The molecule has 4 heteroatoms. The minimum Gasteiger partial charge on any atom is -0.460 e. The van der Waals surface area contributed by atoms with Gasteiger partial charge < -0.3 is 9.47 Å². The summed E-state index contributed by atoms with van der Waals surface area (Å²) in [6, 6.07) is 8.93. The monoisotopic (exact) mass is 226 g/mol. The molecule has 0 saturated carbocycles. The standard InChI is InChI=1S/C11H14O3S/c1-15-9-13-7-8-14-11(12)10-5-3-2-4-6-10/h2-6H,7-9H2,1H3. The number of ether oxygens (including phenoxy) is 2. The third kappa shape index (κ3) is 4.85. The largest absolute Gasteiger partial charge is 0.460 e. The van der Waals surface area contributed by atoms with Gasteiger partial charge in [-0.25, -0.2) is 4.79 Å². The van der Waals surface area contributed by atoms with E-state index in [0.29, 0.717) is 24.7 Å². The van der Waals surface area contributed by atoms with Gasteiger partial charge in [-0.15, -0.1) is 11.8 Å². The van der Waals surface area contributed by atoms with Crippen molar-refractivity contribution in [3.63, 3.8) is 0 Å². The minimum atomic E-state index is -0.302. The molecule has 82 valence electrons. The number of esters is 1. The van der Waals surface area contributed by atoms with Crippen LogP contribution < -0.4 is 0 Å². The smallest absolute Gasteiger partial charge is 0.338 e. The van der Waals surface area contributed by atoms with Gasteiger partial charge >= 0.3 is 5.97 Å². The molecule has 15 heavy (non-hydrogen) atoms. The average Bonchev–Trinajstić information content (AvgIpc) is 2.30. The molecule has 1 aromatic carbocycles. The Bertz CT molecular complexity index is 287. The maximum absolute atomic E-state index is 11.4. The highest BCUT2D eigenvalue weighted by atomic mass is 32.2. The van der Waals surface area contributed by atoms with Crippen LogP contribution in [0.15, 0.2) is 30.3 Å². The van der Waals surface area contributed by atoms with Gasteiger partial charge in [0.1, 0.15) is 6.61 Å². The van der Waals surface area contributed by atoms with Crippen LogP contribution in [0.4, 0.5) is 0 Å². The fraction of sp³-hybridized carbons (Fsp3) is 0.364. The van der Waals surface area contributed by atoms with E-state index in [1.807, 2.05) is 12.3 Å². The summed E-state index contributed by atoms with van der Waals surface area (Å²) in [6.07, 6.45) is 1.95. The Balaban J connectivity index is 2.20. The van der Waals surface area contributed by atoms with Gasteiger partial charge in [-0.3, -0.25) is 0 Å². The first kappa shape index (κ1) is 12.1. The van der Waals surface area contributed by atoms with E-state index in [1.165, 1.54) is 0 Å². The molecule has 1 rings (SSSR count). The molecular formula is C11H14O3S. The number of hydrogen-bond acceptors (Lipinski definition) is 4. The van der Waals surface area contributed by atoms with Crippen molar-refractivity contribution in [1.29, 1.82) is 0 Å². The Morgan fingerprint density at radius 1 is 1.27 bits per heavy atom. The Kier molecular flexibility index (Phi) is 5.88. The highest BCUT2D eigenvalue weighted by Crippen LogP contribution is 2.00. The quantitative estimate of drug-likeness (QED) is 0.423. The number of rotatable bonds is 6. The SMILES string of the molecule is CSCOCCOC(=O)c1ccccc1. The summed E-state index contributed by atoms with van der Waals surface area (Å²) < 4.78 is 10.2. The number of carbonyl (C=O) groups excluding carboxylic acids is 1. The van der Waals surface area contributed by atoms with Gasteiger partial charge in [0.15, 0.2) is 0 Å². The van der Waals surface area contributed by atoms with Crippen LogP contribution in [0, 0.1) is 0 Å². The molecule has 0 aliphatic rings. The van der Waals surface area contributed by atoms with Crippen LogP contribution in [0.5, 0.6) is 0 Å². The second-order valence-corrected chi connectivity index (χ2v) is 3.63. The van der Waals surface area contributed by atoms with Crippen molar-refractivity contribution in [1.82, 2.24) is 0 Å². The van der Waals surface area contributed by atoms with Gasteiger partial charge in [-0.1, -0.05) is 18.2 Å². The van der Waals surface area contributed by atoms with Crippen molar-refractivity contribution in [3.05, 3.63) is 35.9 Å². The van der Waals surface area contributed by atoms with Crippen LogP contribution in [-0.2, 0) is 9.47 Å². The summed E-state index contributed by atoms with van der Waals surface area (Å²) in [7, 11) is 0. The summed E-state index contributed by atoms with van der Waals surface area (Å²) in [5, 5.41) is 0. The average molecular weight is 226 g/mol. The van der Waals surface area contributed by atoms with Gasteiger partial charge in [0, 0.05) is 0 Å². The maximum Gasteiger partial charge on any atom is 0.338 e. The topological polar surface area (TPSA) is 35.5 Å². The normalized spacial score (nSPS) is 9.93. The Hall–Kier alpha value is -1.00. The fourth-order valence-electron chi connectivity index (χ4n) is 0.993. The zero-order valence-electron chi connectivity index (χ0n) is 8.64. The highest BCUT2D eigenvalue weighted by molar-refractivity contribution is 7.98. The maximum atomic E-state index is 11.4. The van der Waals surface area contributed by atoms with E-state index < -0.39 is 0 Å². The third-order valence-corrected chi connectivity index (χ3v) is 2.07. The summed E-state index contributed by atoms with van der Waals surface area (Å²) in [5.74, 6) is 0.325. The summed E-state index contributed by atoms with van der Waals surface area (Å²) in [5.41, 5.74) is 0.572. The molecule has 0 N–H and O–H groups in total. The van der Waals surface area contributed by atoms with Gasteiger partial charge in [0.05, 0.1) is 18.1 Å². The van der Waals surface area contributed by atoms with Crippen molar-refractivity contribution >= 4 is 17.7 Å². The molecule has 1 aromatic rings. The van der Waals surface area contributed by atoms with Crippen LogP contribution >= 0.6 is 11.8 Å². The first-order valence-corrected chi connectivity index (χ1v) is 6.03. The number of benzene rings is 1. The van der Waals surface area contributed by atoms with E-state index in [0.717, 1.165) is 0 Å². The molecule has 0 bridgehead atoms. The van der Waals surface area contributed by atoms with E-state index in [2.05, 4.69) is 0 Å². The minimum absolute atomic E-state index is 0.300. The molecule has 0 unspecified atom stereocenters. The Morgan fingerprint density at radius 3 is 2.67 bits per heavy atom. The van der Waals surface area contributed by atoms with Crippen molar-refractivity contribution in [2.75, 3.05) is 25.4 Å². The predicted molar refractivity (Wildman–Crippen MR) is 61.1 cm³/mol. The second-order valence-electron chi connectivity index (χ2n) is 2.82. The molecule has 0 atom stereocenters. The summed E-state index contributed by atoms with van der Waals surface area (Å²) in [6.45, 7) is 0.744. The third-order valence-electron chi connectivity index (χ3n) is 1.67. The lowest BCUT2D eigenvalue weighted by Crippen LogP contribution is -2.10. The molecule has 0 saturated heterocycles. The molecule has 0 aliphatic heterocycles. The van der Waals surface area contributed by atoms with E-state index in [9.17, 15) is 4.79 Å². The molecule has 0 fully saturated rings. The lowest BCUT2D eigenvalue weighted by molar-refractivity contribution is 0.0375. The van der Waals surface area contributed by atoms with Crippen LogP contribution in [-0.4, -0.2) is 31.4 Å². The van der Waals surface area contributed by atoms with Gasteiger partial charge in [-0.05, 0) is 18.4 Å². The van der Waals surface area contributed by atoms with Crippen LogP contribution in [0.2, 0.25) is 0 Å². The molecule has 0 aromatic heterocycles. The molecular weight excluding hydrogens is 212 g/mol. The highest BCUT2D eigenvalue weighted by Gasteiger charge is 2.04. The van der Waals surface area contributed by atoms with Crippen LogP contribution in [0.1, 0.15) is 10.4 Å². The fourth-order valence-corrected chi connectivity index (χ4v) is 1.28. The number of hydrogen-bond donors (Lipinski definition) is 0. The molecule has 0 amide bonds. The van der Waals surface area contributed by atoms with Crippen molar-refractivity contribution in [2.24, 2.45) is 0 Å². The van der Waals surface area contributed by atoms with E-state index in [-0.39, 0.29) is 5.97 Å². The second kappa shape index (κ2) is 7.31. The van der Waals surface area contributed by atoms with Crippen molar-refractivity contribution in [3.8, 4) is 0 Å². The zero-order valence-corrected chi connectivity index (χ0v) is 9.46. The van der Waals surface area contributed by atoms with E-state index >= 15 is 0 Å². The first-order valence-electron chi connectivity index (χ1n) is 4.63. The van der Waals surface area contributed by atoms with Crippen molar-refractivity contribution in [2.45, 2.75) is 0 Å². The van der Waals surface area contributed by atoms with Gasteiger partial charge in [0.2, 0.25) is 0 Å². The first-order chi connectivity index (χ1) is 7.34. The van der Waals surface area contributed by atoms with Crippen LogP contribution in [0.3, 0.4) is 0 Å². The number of carbonyl (C=O) groups is 1. The molecule has 0 spiro atoms. The van der Waals surface area contributed by atoms with Crippen LogP contribution in [0.25, 0.3) is 0 Å². The van der Waals surface area contributed by atoms with Gasteiger partial charge in [-0.2, -0.15) is 0 Å². The summed E-state index contributed by atoms with van der Waals surface area (Å²) >= 11 is 1.59. The van der Waals surface area contributed by atoms with Gasteiger partial charge in [0.25, 0.3) is 0 Å².